The van der Waals surface area contributed by atoms with Gasteiger partial charge in [0.2, 0.25) is 0 Å². The van der Waals surface area contributed by atoms with E-state index in [4.69, 9.17) is 0 Å². The predicted octanol–water partition coefficient (Wildman–Crippen LogP) is 2.99. The summed E-state index contributed by atoms with van der Waals surface area (Å²) in [4.78, 5) is 8.29. The predicted molar refractivity (Wildman–Crippen MR) is 96.8 cm³/mol. The number of aryl methyl sites for hydroxylation is 1. The summed E-state index contributed by atoms with van der Waals surface area (Å²) in [5, 5.41) is 8.96. The second kappa shape index (κ2) is 9.85. The highest BCUT2D eigenvalue weighted by atomic mass is 32.1. The molecular weight excluding hydrogens is 292 g/mol. The van der Waals surface area contributed by atoms with Crippen LogP contribution >= 0.6 is 11.3 Å². The van der Waals surface area contributed by atoms with E-state index in [-0.39, 0.29) is 0 Å². The van der Waals surface area contributed by atoms with Gasteiger partial charge in [0.1, 0.15) is 0 Å². The highest BCUT2D eigenvalue weighted by molar-refractivity contribution is 7.10. The molecule has 0 aliphatic carbocycles. The first kappa shape index (κ1) is 17.3. The minimum atomic E-state index is 0.856. The Morgan fingerprint density at radius 3 is 2.64 bits per heavy atom. The number of nitrogens with one attached hydrogen (secondary N) is 2. The molecule has 22 heavy (non-hydrogen) atoms. The highest BCUT2D eigenvalue weighted by Gasteiger charge is 2.08. The molecular formula is C17H30N4S. The van der Waals surface area contributed by atoms with Crippen LogP contribution in [0.5, 0.6) is 0 Å². The minimum absolute atomic E-state index is 0.856. The van der Waals surface area contributed by atoms with Crippen LogP contribution in [0.25, 0.3) is 0 Å². The van der Waals surface area contributed by atoms with E-state index in [0.717, 1.165) is 19.0 Å². The second-order valence-electron chi connectivity index (χ2n) is 5.99. The molecule has 0 radical (unpaired) electrons. The van der Waals surface area contributed by atoms with Crippen molar-refractivity contribution < 1.29 is 0 Å². The van der Waals surface area contributed by atoms with Crippen molar-refractivity contribution >= 4 is 17.3 Å². The second-order valence-corrected chi connectivity index (χ2v) is 6.99. The third-order valence-electron chi connectivity index (χ3n) is 4.25. The van der Waals surface area contributed by atoms with Crippen LogP contribution in [0.3, 0.4) is 0 Å². The van der Waals surface area contributed by atoms with Gasteiger partial charge in [-0.25, -0.2) is 0 Å². The summed E-state index contributed by atoms with van der Waals surface area (Å²) in [7, 11) is 1.84. The van der Waals surface area contributed by atoms with E-state index < -0.39 is 0 Å². The standard InChI is InChI=1S/C17H30N4S/c1-15-8-13-22-16(15)14-20-17(18-2)19-9-7-12-21-10-5-3-4-6-11-21/h8,13H,3-7,9-12,14H2,1-2H3,(H2,18,19,20). The van der Waals surface area contributed by atoms with Gasteiger partial charge in [-0.05, 0) is 62.8 Å². The van der Waals surface area contributed by atoms with Gasteiger partial charge in [-0.15, -0.1) is 11.3 Å². The van der Waals surface area contributed by atoms with Gasteiger partial charge in [-0.2, -0.15) is 0 Å². The molecule has 0 aromatic carbocycles. The smallest absolute Gasteiger partial charge is 0.191 e. The Balaban J connectivity index is 1.61. The molecule has 2 heterocycles. The van der Waals surface area contributed by atoms with Gasteiger partial charge in [0.15, 0.2) is 5.96 Å². The SMILES string of the molecule is CN=C(NCCCN1CCCCCC1)NCc1sccc1C. The Hall–Kier alpha value is -1.07. The summed E-state index contributed by atoms with van der Waals surface area (Å²) in [6.07, 6.45) is 6.74. The molecule has 2 N–H and O–H groups in total. The average molecular weight is 323 g/mol. The maximum absolute atomic E-state index is 4.30. The van der Waals surface area contributed by atoms with Crippen molar-refractivity contribution in [2.75, 3.05) is 33.2 Å². The van der Waals surface area contributed by atoms with Crippen LogP contribution in [-0.2, 0) is 6.54 Å². The maximum atomic E-state index is 4.30. The monoisotopic (exact) mass is 322 g/mol. The Labute approximate surface area is 139 Å². The molecule has 0 atom stereocenters. The average Bonchev–Trinajstić information content (AvgIpc) is 2.77. The van der Waals surface area contributed by atoms with Crippen molar-refractivity contribution in [3.8, 4) is 0 Å². The summed E-state index contributed by atoms with van der Waals surface area (Å²) >= 11 is 1.80. The van der Waals surface area contributed by atoms with E-state index in [1.165, 1.54) is 62.2 Å². The van der Waals surface area contributed by atoms with E-state index in [2.05, 4.69) is 38.9 Å². The van der Waals surface area contributed by atoms with E-state index in [9.17, 15) is 0 Å². The number of guanidine groups is 1. The molecule has 0 unspecified atom stereocenters. The summed E-state index contributed by atoms with van der Waals surface area (Å²) in [6, 6.07) is 2.17. The number of hydrogen-bond acceptors (Lipinski definition) is 3. The molecule has 0 bridgehead atoms. The van der Waals surface area contributed by atoms with Crippen molar-refractivity contribution in [2.45, 2.75) is 45.6 Å². The van der Waals surface area contributed by atoms with Crippen LogP contribution in [0.15, 0.2) is 16.4 Å². The molecule has 1 aromatic heterocycles. The Kier molecular flexibility index (Phi) is 7.74. The first-order valence-electron chi connectivity index (χ1n) is 8.49. The van der Waals surface area contributed by atoms with Crippen molar-refractivity contribution in [1.29, 1.82) is 0 Å². The zero-order valence-electron chi connectivity index (χ0n) is 14.0. The van der Waals surface area contributed by atoms with Crippen LogP contribution < -0.4 is 10.6 Å². The largest absolute Gasteiger partial charge is 0.356 e. The molecule has 5 heteroatoms. The number of aliphatic imine (C=N–C) groups is 1. The molecule has 4 nitrogen and oxygen atoms in total. The lowest BCUT2D eigenvalue weighted by Gasteiger charge is -2.20. The number of rotatable bonds is 6. The number of thiophene rings is 1. The van der Waals surface area contributed by atoms with Crippen LogP contribution in [0.1, 0.15) is 42.5 Å². The van der Waals surface area contributed by atoms with Crippen LogP contribution in [0, 0.1) is 6.92 Å². The first-order valence-corrected chi connectivity index (χ1v) is 9.37. The molecule has 0 spiro atoms. The lowest BCUT2D eigenvalue weighted by atomic mass is 10.2. The number of hydrogen-bond donors (Lipinski definition) is 2. The van der Waals surface area contributed by atoms with E-state index >= 15 is 0 Å². The van der Waals surface area contributed by atoms with Crippen molar-refractivity contribution in [3.63, 3.8) is 0 Å². The fourth-order valence-corrected chi connectivity index (χ4v) is 3.68. The number of nitrogens with zero attached hydrogens (tertiary/aromatic N) is 2. The Morgan fingerprint density at radius 2 is 2.00 bits per heavy atom. The van der Waals surface area contributed by atoms with Crippen LogP contribution in [0.2, 0.25) is 0 Å². The Bertz CT molecular complexity index is 447. The highest BCUT2D eigenvalue weighted by Crippen LogP contribution is 2.14. The first-order chi connectivity index (χ1) is 10.8. The van der Waals surface area contributed by atoms with Gasteiger partial charge in [0.05, 0.1) is 6.54 Å². The van der Waals surface area contributed by atoms with E-state index in [0.29, 0.717) is 0 Å². The molecule has 1 aliphatic heterocycles. The van der Waals surface area contributed by atoms with E-state index in [1.807, 2.05) is 7.05 Å². The number of likely N-dealkylation sites (tertiary alicyclic amines) is 1. The topological polar surface area (TPSA) is 39.7 Å². The quantitative estimate of drug-likeness (QED) is 0.480. The van der Waals surface area contributed by atoms with Crippen molar-refractivity contribution in [2.24, 2.45) is 4.99 Å². The molecule has 0 amide bonds. The van der Waals surface area contributed by atoms with Crippen molar-refractivity contribution in [1.82, 2.24) is 15.5 Å². The molecule has 2 rings (SSSR count). The summed E-state index contributed by atoms with van der Waals surface area (Å²) in [5.74, 6) is 0.906. The van der Waals surface area contributed by atoms with Crippen LogP contribution in [-0.4, -0.2) is 44.1 Å². The summed E-state index contributed by atoms with van der Waals surface area (Å²) in [5.41, 5.74) is 1.36. The Morgan fingerprint density at radius 1 is 1.23 bits per heavy atom. The van der Waals surface area contributed by atoms with Gasteiger partial charge in [-0.3, -0.25) is 4.99 Å². The van der Waals surface area contributed by atoms with Gasteiger partial charge >= 0.3 is 0 Å². The summed E-state index contributed by atoms with van der Waals surface area (Å²) < 4.78 is 0. The zero-order chi connectivity index (χ0) is 15.6. The third kappa shape index (κ3) is 5.97. The van der Waals surface area contributed by atoms with Crippen molar-refractivity contribution in [3.05, 3.63) is 21.9 Å². The van der Waals surface area contributed by atoms with Gasteiger partial charge in [0.25, 0.3) is 0 Å². The van der Waals surface area contributed by atoms with E-state index in [1.54, 1.807) is 11.3 Å². The molecule has 1 fully saturated rings. The van der Waals surface area contributed by atoms with Crippen LogP contribution in [0.4, 0.5) is 0 Å². The van der Waals surface area contributed by atoms with Gasteiger partial charge in [-0.1, -0.05) is 12.8 Å². The molecule has 124 valence electrons. The molecule has 1 saturated heterocycles. The maximum Gasteiger partial charge on any atom is 0.191 e. The fraction of sp³-hybridized carbons (Fsp3) is 0.706. The lowest BCUT2D eigenvalue weighted by Crippen LogP contribution is -2.38. The third-order valence-corrected chi connectivity index (χ3v) is 5.27. The fourth-order valence-electron chi connectivity index (χ4n) is 2.84. The zero-order valence-corrected chi connectivity index (χ0v) is 14.8. The minimum Gasteiger partial charge on any atom is -0.356 e. The van der Waals surface area contributed by atoms with Gasteiger partial charge in [0, 0.05) is 18.5 Å². The normalized spacial score (nSPS) is 17.3. The lowest BCUT2D eigenvalue weighted by molar-refractivity contribution is 0.282. The summed E-state index contributed by atoms with van der Waals surface area (Å²) in [6.45, 7) is 7.77. The van der Waals surface area contributed by atoms with Gasteiger partial charge < -0.3 is 15.5 Å². The molecule has 0 saturated carbocycles. The molecule has 1 aromatic rings. The molecule has 1 aliphatic rings.